The average Bonchev–Trinajstić information content (AvgIpc) is 2.40. The van der Waals surface area contributed by atoms with Crippen LogP contribution in [0.5, 0.6) is 0 Å². The summed E-state index contributed by atoms with van der Waals surface area (Å²) < 4.78 is 52.7. The summed E-state index contributed by atoms with van der Waals surface area (Å²) >= 11 is 0. The van der Waals surface area contributed by atoms with Gasteiger partial charge in [0.1, 0.15) is 5.78 Å². The highest BCUT2D eigenvalue weighted by molar-refractivity contribution is 5.83. The smallest absolute Gasteiger partial charge is 0.162 e. The summed E-state index contributed by atoms with van der Waals surface area (Å²) in [4.78, 5) is 11.7. The highest BCUT2D eigenvalue weighted by Gasteiger charge is 2.15. The van der Waals surface area contributed by atoms with Gasteiger partial charge in [0.25, 0.3) is 0 Å². The number of Topliss-reactive ketones (excluding diaryl/α,β-unsaturated/α-hetero) is 1. The van der Waals surface area contributed by atoms with Crippen molar-refractivity contribution in [3.8, 4) is 0 Å². The van der Waals surface area contributed by atoms with Gasteiger partial charge in [0.05, 0.1) is 0 Å². The predicted molar refractivity (Wildman–Crippen MR) is 65.1 cm³/mol. The SMILES string of the molecule is O=C(Cc1cccc(F)c1F)Cc1cccc(F)c1F. The normalized spacial score (nSPS) is 10.6. The average molecular weight is 282 g/mol. The molecule has 0 fully saturated rings. The number of rotatable bonds is 4. The maximum atomic E-state index is 13.4. The Morgan fingerprint density at radius 2 is 1.15 bits per heavy atom. The van der Waals surface area contributed by atoms with Crippen molar-refractivity contribution >= 4 is 5.78 Å². The molecule has 0 radical (unpaired) electrons. The van der Waals surface area contributed by atoms with Crippen LogP contribution in [0.3, 0.4) is 0 Å². The van der Waals surface area contributed by atoms with Gasteiger partial charge in [-0.3, -0.25) is 4.79 Å². The van der Waals surface area contributed by atoms with E-state index < -0.39 is 29.1 Å². The molecule has 5 heteroatoms. The van der Waals surface area contributed by atoms with Gasteiger partial charge in [-0.2, -0.15) is 0 Å². The fourth-order valence-corrected chi connectivity index (χ4v) is 1.86. The number of halogens is 4. The Balaban J connectivity index is 2.13. The second-order valence-electron chi connectivity index (χ2n) is 4.32. The van der Waals surface area contributed by atoms with E-state index in [1.807, 2.05) is 0 Å². The highest BCUT2D eigenvalue weighted by atomic mass is 19.2. The quantitative estimate of drug-likeness (QED) is 0.783. The first-order chi connectivity index (χ1) is 9.49. The number of hydrogen-bond donors (Lipinski definition) is 0. The van der Waals surface area contributed by atoms with Gasteiger partial charge in [0, 0.05) is 12.8 Å². The van der Waals surface area contributed by atoms with Crippen molar-refractivity contribution in [2.75, 3.05) is 0 Å². The fraction of sp³-hybridized carbons (Fsp3) is 0.133. The zero-order valence-corrected chi connectivity index (χ0v) is 10.3. The van der Waals surface area contributed by atoms with Crippen LogP contribution < -0.4 is 0 Å². The Hall–Kier alpha value is -2.17. The van der Waals surface area contributed by atoms with Crippen LogP contribution in [0.2, 0.25) is 0 Å². The van der Waals surface area contributed by atoms with Crippen molar-refractivity contribution in [2.45, 2.75) is 12.8 Å². The van der Waals surface area contributed by atoms with E-state index in [1.165, 1.54) is 24.3 Å². The van der Waals surface area contributed by atoms with E-state index in [1.54, 1.807) is 0 Å². The molecule has 0 aliphatic rings. The monoisotopic (exact) mass is 282 g/mol. The van der Waals surface area contributed by atoms with Crippen LogP contribution in [0, 0.1) is 23.3 Å². The molecule has 0 aromatic heterocycles. The van der Waals surface area contributed by atoms with E-state index >= 15 is 0 Å². The largest absolute Gasteiger partial charge is 0.299 e. The molecule has 0 aliphatic carbocycles. The molecule has 0 unspecified atom stereocenters. The molecule has 2 aromatic carbocycles. The summed E-state index contributed by atoms with van der Waals surface area (Å²) in [7, 11) is 0. The van der Waals surface area contributed by atoms with E-state index in [-0.39, 0.29) is 24.0 Å². The van der Waals surface area contributed by atoms with Crippen LogP contribution in [-0.4, -0.2) is 5.78 Å². The summed E-state index contributed by atoms with van der Waals surface area (Å²) in [6.45, 7) is 0. The number of carbonyl (C=O) groups is 1. The zero-order chi connectivity index (χ0) is 14.7. The highest BCUT2D eigenvalue weighted by Crippen LogP contribution is 2.15. The minimum atomic E-state index is -1.10. The fourth-order valence-electron chi connectivity index (χ4n) is 1.86. The molecule has 1 nitrogen and oxygen atoms in total. The molecular weight excluding hydrogens is 272 g/mol. The van der Waals surface area contributed by atoms with Gasteiger partial charge in [0.15, 0.2) is 23.3 Å². The van der Waals surface area contributed by atoms with Crippen LogP contribution in [0.25, 0.3) is 0 Å². The van der Waals surface area contributed by atoms with Gasteiger partial charge in [0.2, 0.25) is 0 Å². The third kappa shape index (κ3) is 3.04. The van der Waals surface area contributed by atoms with Crippen molar-refractivity contribution in [1.29, 1.82) is 0 Å². The van der Waals surface area contributed by atoms with E-state index in [9.17, 15) is 22.4 Å². The Morgan fingerprint density at radius 3 is 1.55 bits per heavy atom. The lowest BCUT2D eigenvalue weighted by molar-refractivity contribution is -0.117. The maximum Gasteiger partial charge on any atom is 0.162 e. The number of benzene rings is 2. The lowest BCUT2D eigenvalue weighted by Gasteiger charge is -2.05. The molecule has 2 aromatic rings. The molecule has 0 bridgehead atoms. The van der Waals surface area contributed by atoms with Crippen molar-refractivity contribution in [2.24, 2.45) is 0 Å². The standard InChI is InChI=1S/C15H10F4O/c16-12-5-1-3-9(14(12)18)7-11(20)8-10-4-2-6-13(17)15(10)19/h1-6H,7-8H2. The van der Waals surface area contributed by atoms with Crippen LogP contribution in [0.15, 0.2) is 36.4 Å². The Labute approximate surface area is 112 Å². The second kappa shape index (κ2) is 5.86. The van der Waals surface area contributed by atoms with Gasteiger partial charge in [-0.25, -0.2) is 17.6 Å². The summed E-state index contributed by atoms with van der Waals surface area (Å²) in [6, 6.07) is 7.00. The summed E-state index contributed by atoms with van der Waals surface area (Å²) in [5.74, 6) is -4.82. The second-order valence-corrected chi connectivity index (χ2v) is 4.32. The van der Waals surface area contributed by atoms with E-state index in [0.29, 0.717) is 0 Å². The first kappa shape index (κ1) is 14.2. The summed E-state index contributed by atoms with van der Waals surface area (Å²) in [5, 5.41) is 0. The van der Waals surface area contributed by atoms with E-state index in [0.717, 1.165) is 12.1 Å². The van der Waals surface area contributed by atoms with Crippen molar-refractivity contribution < 1.29 is 22.4 Å². The number of carbonyl (C=O) groups excluding carboxylic acids is 1. The molecule has 104 valence electrons. The molecule has 0 spiro atoms. The molecule has 0 heterocycles. The first-order valence-electron chi connectivity index (χ1n) is 5.86. The minimum absolute atomic E-state index is 0.105. The van der Waals surface area contributed by atoms with Crippen LogP contribution >= 0.6 is 0 Å². The molecule has 0 N–H and O–H groups in total. The molecular formula is C15H10F4O. The zero-order valence-electron chi connectivity index (χ0n) is 10.3. The third-order valence-corrected chi connectivity index (χ3v) is 2.84. The van der Waals surface area contributed by atoms with Crippen molar-refractivity contribution in [1.82, 2.24) is 0 Å². The molecule has 20 heavy (non-hydrogen) atoms. The molecule has 0 atom stereocenters. The van der Waals surface area contributed by atoms with Crippen LogP contribution in [0.1, 0.15) is 11.1 Å². The lowest BCUT2D eigenvalue weighted by atomic mass is 10.0. The van der Waals surface area contributed by atoms with Crippen LogP contribution in [-0.2, 0) is 17.6 Å². The minimum Gasteiger partial charge on any atom is -0.299 e. The van der Waals surface area contributed by atoms with Crippen molar-refractivity contribution in [3.05, 3.63) is 70.8 Å². The number of ketones is 1. The Morgan fingerprint density at radius 1 is 0.750 bits per heavy atom. The van der Waals surface area contributed by atoms with Gasteiger partial charge in [-0.1, -0.05) is 24.3 Å². The summed E-state index contributed by atoms with van der Waals surface area (Å²) in [6.07, 6.45) is -0.751. The lowest BCUT2D eigenvalue weighted by Crippen LogP contribution is -2.10. The van der Waals surface area contributed by atoms with Gasteiger partial charge in [-0.05, 0) is 23.3 Å². The maximum absolute atomic E-state index is 13.4. The first-order valence-corrected chi connectivity index (χ1v) is 5.86. The van der Waals surface area contributed by atoms with Crippen molar-refractivity contribution in [3.63, 3.8) is 0 Å². The predicted octanol–water partition coefficient (Wildman–Crippen LogP) is 3.60. The Bertz CT molecular complexity index is 597. The topological polar surface area (TPSA) is 17.1 Å². The van der Waals surface area contributed by atoms with Gasteiger partial charge in [-0.15, -0.1) is 0 Å². The molecule has 0 amide bonds. The van der Waals surface area contributed by atoms with Crippen LogP contribution in [0.4, 0.5) is 17.6 Å². The molecule has 2 rings (SSSR count). The molecule has 0 saturated heterocycles. The number of hydrogen-bond acceptors (Lipinski definition) is 1. The third-order valence-electron chi connectivity index (χ3n) is 2.84. The summed E-state index contributed by atoms with van der Waals surface area (Å²) in [5.41, 5.74) is -0.210. The van der Waals surface area contributed by atoms with E-state index in [2.05, 4.69) is 0 Å². The molecule has 0 aliphatic heterocycles. The van der Waals surface area contributed by atoms with Gasteiger partial charge >= 0.3 is 0 Å². The Kier molecular flexibility index (Phi) is 4.17. The molecule has 0 saturated carbocycles. The van der Waals surface area contributed by atoms with Gasteiger partial charge < -0.3 is 0 Å². The van der Waals surface area contributed by atoms with E-state index in [4.69, 9.17) is 0 Å².